The van der Waals surface area contributed by atoms with Crippen LogP contribution in [0.15, 0.2) is 54.6 Å². The average molecular weight is 891 g/mol. The summed E-state index contributed by atoms with van der Waals surface area (Å²) in [5.74, 6) is -3.90. The van der Waals surface area contributed by atoms with Crippen LogP contribution < -0.4 is 43.4 Å². The van der Waals surface area contributed by atoms with Crippen molar-refractivity contribution in [1.29, 1.82) is 0 Å². The first-order valence-electron chi connectivity index (χ1n) is 22.0. The third kappa shape index (κ3) is 15.9. The van der Waals surface area contributed by atoms with E-state index in [0.717, 1.165) is 30.5 Å². The van der Waals surface area contributed by atoms with Crippen molar-refractivity contribution in [2.24, 2.45) is 29.2 Å². The Bertz CT molecular complexity index is 1920. The number of piperidine rings is 1. The van der Waals surface area contributed by atoms with Gasteiger partial charge in [-0.25, -0.2) is 4.79 Å². The number of primary amides is 2. The highest BCUT2D eigenvalue weighted by Gasteiger charge is 2.37. The summed E-state index contributed by atoms with van der Waals surface area (Å²) in [6, 6.07) is 13.6. The maximum Gasteiger partial charge on any atom is 0.312 e. The van der Waals surface area contributed by atoms with E-state index in [9.17, 15) is 38.4 Å². The van der Waals surface area contributed by atoms with E-state index >= 15 is 0 Å². The minimum atomic E-state index is -1.05. The summed E-state index contributed by atoms with van der Waals surface area (Å²) in [6.45, 7) is 5.18. The Balaban J connectivity index is 1.29. The summed E-state index contributed by atoms with van der Waals surface area (Å²) < 4.78 is 5.80. The largest absolute Gasteiger partial charge is 0.379 e. The number of benzene rings is 2. The molecule has 9 amide bonds. The fourth-order valence-corrected chi connectivity index (χ4v) is 8.28. The molecule has 2 fully saturated rings. The summed E-state index contributed by atoms with van der Waals surface area (Å²) in [7, 11) is 3.63. The molecule has 0 saturated carbocycles. The number of amides is 9. The second kappa shape index (κ2) is 25.3. The highest BCUT2D eigenvalue weighted by Crippen LogP contribution is 2.26. The molecule has 19 nitrogen and oxygen atoms in total. The van der Waals surface area contributed by atoms with Crippen molar-refractivity contribution in [3.8, 4) is 0 Å². The molecular weight excluding hydrogens is 825 g/mol. The zero-order valence-electron chi connectivity index (χ0n) is 37.4. The Kier molecular flexibility index (Phi) is 20.0. The number of urea groups is 1. The smallest absolute Gasteiger partial charge is 0.312 e. The number of nitrogens with zero attached hydrogens (tertiary/aromatic N) is 2. The van der Waals surface area contributed by atoms with Crippen LogP contribution in [0.2, 0.25) is 0 Å². The van der Waals surface area contributed by atoms with Crippen LogP contribution in [0.5, 0.6) is 0 Å². The van der Waals surface area contributed by atoms with E-state index in [2.05, 4.69) is 36.8 Å². The number of likely N-dealkylation sites (N-methyl/N-ethyl adjacent to an activating group) is 1. The normalized spacial score (nSPS) is 19.2. The van der Waals surface area contributed by atoms with Crippen molar-refractivity contribution in [2.75, 3.05) is 52.2 Å². The van der Waals surface area contributed by atoms with Crippen molar-refractivity contribution < 1.29 is 43.1 Å². The van der Waals surface area contributed by atoms with Crippen molar-refractivity contribution in [2.45, 2.75) is 96.0 Å². The van der Waals surface area contributed by atoms with Gasteiger partial charge in [0.05, 0.1) is 18.6 Å². The third-order valence-corrected chi connectivity index (χ3v) is 12.0. The molecule has 2 aliphatic rings. The van der Waals surface area contributed by atoms with E-state index in [-0.39, 0.29) is 80.5 Å². The monoisotopic (exact) mass is 891 g/mol. The molecule has 4 rings (SSSR count). The number of hydrogen-bond donors (Lipinski definition) is 8. The first kappa shape index (κ1) is 50.6. The lowest BCUT2D eigenvalue weighted by Crippen LogP contribution is -2.53. The number of methoxy groups -OCH3 is 1. The topological polar surface area (TPSA) is 276 Å². The number of nitrogens with two attached hydrogens (primary N) is 2. The Morgan fingerprint density at radius 2 is 1.52 bits per heavy atom. The van der Waals surface area contributed by atoms with Crippen LogP contribution in [-0.4, -0.2) is 128 Å². The second-order valence-electron chi connectivity index (χ2n) is 16.8. The number of likely N-dealkylation sites (tertiary alicyclic amines) is 2. The molecule has 7 atom stereocenters. The highest BCUT2D eigenvalue weighted by molar-refractivity contribution is 5.98. The predicted octanol–water partition coefficient (Wildman–Crippen LogP) is 0.514. The molecule has 64 heavy (non-hydrogen) atoms. The van der Waals surface area contributed by atoms with Crippen molar-refractivity contribution in [1.82, 2.24) is 36.4 Å². The lowest BCUT2D eigenvalue weighted by molar-refractivity contribution is -0.138. The lowest BCUT2D eigenvalue weighted by atomic mass is 9.86. The van der Waals surface area contributed by atoms with Crippen LogP contribution in [-0.2, 0) is 51.3 Å². The zero-order valence-corrected chi connectivity index (χ0v) is 37.4. The standard InChI is InChI=1S/C45H66N10O9/c1-28-27-55(23-20-33(28)41(46)59)39(58)19-18-37(56)49-26-38(57)52-34(12-8-21-48-45(47)63)44(62)51-32-16-14-31(15-17-32)25-50-43(61)35(24-30-10-6-5-7-11-30)53-42(60)29(2)40(64-4)36-13-9-22-54(36)3/h5-7,10-11,14-17,28-29,33-36,40H,8-9,12-13,18-27H2,1-4H3,(H2,46,59)(H,49,56)(H,50,61)(H,51,62)(H,52,57)(H,53,60)(H3,47,48,63). The summed E-state index contributed by atoms with van der Waals surface area (Å²) in [5, 5.41) is 16.2. The number of rotatable bonds is 23. The van der Waals surface area contributed by atoms with Gasteiger partial charge in [-0.15, -0.1) is 0 Å². The third-order valence-electron chi connectivity index (χ3n) is 12.0. The van der Waals surface area contributed by atoms with Crippen LogP contribution in [0, 0.1) is 17.8 Å². The fraction of sp³-hybridized carbons (Fsp3) is 0.556. The molecule has 2 aromatic rings. The van der Waals surface area contributed by atoms with Gasteiger partial charge in [0.15, 0.2) is 0 Å². The molecular formula is C45H66N10O9. The van der Waals surface area contributed by atoms with Gasteiger partial charge in [0, 0.05) is 70.2 Å². The number of hydrogen-bond acceptors (Lipinski definition) is 10. The second-order valence-corrected chi connectivity index (χ2v) is 16.8. The SMILES string of the molecule is COC(C(C)C(=O)NC(Cc1ccccc1)C(=O)NCc1ccc(NC(=O)C(CCCNC(N)=O)NC(=O)CNC(=O)CCC(=O)N2CCC(C(N)=O)C(C)C2)cc1)C1CCCN1C. The van der Waals surface area contributed by atoms with Gasteiger partial charge in [-0.3, -0.25) is 33.6 Å². The summed E-state index contributed by atoms with van der Waals surface area (Å²) >= 11 is 0. The van der Waals surface area contributed by atoms with Gasteiger partial charge in [-0.2, -0.15) is 0 Å². The Hall–Kier alpha value is -6.08. The molecule has 0 aromatic heterocycles. The van der Waals surface area contributed by atoms with Gasteiger partial charge in [0.1, 0.15) is 12.1 Å². The van der Waals surface area contributed by atoms with Gasteiger partial charge in [-0.05, 0) is 74.9 Å². The summed E-state index contributed by atoms with van der Waals surface area (Å²) in [5.41, 5.74) is 12.6. The number of carbonyl (C=O) groups is 8. The van der Waals surface area contributed by atoms with Gasteiger partial charge >= 0.3 is 6.03 Å². The molecule has 19 heteroatoms. The van der Waals surface area contributed by atoms with E-state index in [1.807, 2.05) is 51.2 Å². The van der Waals surface area contributed by atoms with E-state index < -0.39 is 54.2 Å². The van der Waals surface area contributed by atoms with Crippen LogP contribution in [0.3, 0.4) is 0 Å². The van der Waals surface area contributed by atoms with E-state index in [1.54, 1.807) is 36.3 Å². The number of anilines is 1. The average Bonchev–Trinajstić information content (AvgIpc) is 3.70. The minimum absolute atomic E-state index is 0.0783. The van der Waals surface area contributed by atoms with Crippen molar-refractivity contribution in [3.05, 3.63) is 65.7 Å². The Morgan fingerprint density at radius 3 is 2.14 bits per heavy atom. The number of ether oxygens (including phenoxy) is 1. The van der Waals surface area contributed by atoms with Gasteiger partial charge in [0.2, 0.25) is 41.4 Å². The molecule has 350 valence electrons. The minimum Gasteiger partial charge on any atom is -0.379 e. The van der Waals surface area contributed by atoms with Crippen LogP contribution in [0.25, 0.3) is 0 Å². The predicted molar refractivity (Wildman–Crippen MR) is 239 cm³/mol. The maximum absolute atomic E-state index is 13.6. The maximum atomic E-state index is 13.6. The van der Waals surface area contributed by atoms with Crippen molar-refractivity contribution in [3.63, 3.8) is 0 Å². The highest BCUT2D eigenvalue weighted by atomic mass is 16.5. The first-order chi connectivity index (χ1) is 30.6. The zero-order chi connectivity index (χ0) is 46.8. The summed E-state index contributed by atoms with van der Waals surface area (Å²) in [4.78, 5) is 105. The van der Waals surface area contributed by atoms with Gasteiger partial charge in [0.25, 0.3) is 0 Å². The molecule has 0 spiro atoms. The van der Waals surface area contributed by atoms with Crippen molar-refractivity contribution >= 4 is 53.1 Å². The van der Waals surface area contributed by atoms with Crippen LogP contribution >= 0.6 is 0 Å². The first-order valence-corrected chi connectivity index (χ1v) is 22.0. The molecule has 2 heterocycles. The molecule has 2 aromatic carbocycles. The quantitative estimate of drug-likeness (QED) is 0.0717. The van der Waals surface area contributed by atoms with Gasteiger partial charge < -0.3 is 57.9 Å². The molecule has 2 aliphatic heterocycles. The molecule has 0 aliphatic carbocycles. The molecule has 0 bridgehead atoms. The van der Waals surface area contributed by atoms with Gasteiger partial charge in [-0.1, -0.05) is 56.3 Å². The lowest BCUT2D eigenvalue weighted by Gasteiger charge is -2.35. The van der Waals surface area contributed by atoms with Crippen LogP contribution in [0.4, 0.5) is 10.5 Å². The van der Waals surface area contributed by atoms with E-state index in [4.69, 9.17) is 16.2 Å². The van der Waals surface area contributed by atoms with E-state index in [0.29, 0.717) is 31.6 Å². The fourth-order valence-electron chi connectivity index (χ4n) is 8.28. The number of carbonyl (C=O) groups excluding carboxylic acids is 8. The molecule has 2 saturated heterocycles. The Morgan fingerprint density at radius 1 is 0.797 bits per heavy atom. The molecule has 10 N–H and O–H groups in total. The van der Waals surface area contributed by atoms with E-state index in [1.165, 1.54) is 0 Å². The van der Waals surface area contributed by atoms with Crippen LogP contribution in [0.1, 0.15) is 69.9 Å². The summed E-state index contributed by atoms with van der Waals surface area (Å²) in [6.07, 6.45) is 2.53. The molecule has 7 unspecified atom stereocenters. The number of nitrogens with one attached hydrogen (secondary N) is 6. The molecule has 0 radical (unpaired) electrons. The Labute approximate surface area is 374 Å².